The number of amides is 2. The van der Waals surface area contributed by atoms with Gasteiger partial charge in [0, 0.05) is 45.1 Å². The van der Waals surface area contributed by atoms with Gasteiger partial charge >= 0.3 is 0 Å². The first-order chi connectivity index (χ1) is 15.4. The van der Waals surface area contributed by atoms with Gasteiger partial charge in [0.2, 0.25) is 17.8 Å². The number of nitrogens with zero attached hydrogens (tertiary/aromatic N) is 3. The van der Waals surface area contributed by atoms with Crippen molar-refractivity contribution >= 4 is 11.8 Å². The molecule has 5 heterocycles. The Morgan fingerprint density at radius 1 is 1.41 bits per heavy atom. The van der Waals surface area contributed by atoms with E-state index >= 15 is 0 Å². The molecule has 2 amide bonds. The molecule has 1 N–H and O–H groups in total. The molecule has 0 radical (unpaired) electrons. The number of hydrogen-bond donors (Lipinski definition) is 1. The van der Waals surface area contributed by atoms with Crippen molar-refractivity contribution in [1.82, 2.24) is 14.8 Å². The average Bonchev–Trinajstić information content (AvgIpc) is 3.42. The van der Waals surface area contributed by atoms with Gasteiger partial charge in [0.15, 0.2) is 0 Å². The number of fused-ring (bicyclic) bond motifs is 1. The van der Waals surface area contributed by atoms with Gasteiger partial charge in [0.1, 0.15) is 5.60 Å². The number of piperidine rings is 1. The fourth-order valence-corrected chi connectivity index (χ4v) is 5.76. The Hall–Kier alpha value is -2.36. The lowest BCUT2D eigenvalue weighted by Gasteiger charge is -2.40. The summed E-state index contributed by atoms with van der Waals surface area (Å²) in [5, 5.41) is 11.0. The molecular formula is C23H28FN3O5. The lowest BCUT2D eigenvalue weighted by atomic mass is 9.76. The number of rotatable bonds is 6. The SMILES string of the molecule is COCCCN1C[C@@]23C=C[C@@H](O2)[C@@H](C(=O)N2CCC(O)(c4cccnc4F)CC2)[C@@H]3C1=O. The summed E-state index contributed by atoms with van der Waals surface area (Å²) in [7, 11) is 1.63. The van der Waals surface area contributed by atoms with Crippen LogP contribution in [-0.4, -0.2) is 83.3 Å². The monoisotopic (exact) mass is 445 g/mol. The Morgan fingerprint density at radius 2 is 2.19 bits per heavy atom. The summed E-state index contributed by atoms with van der Waals surface area (Å²) in [5.41, 5.74) is -1.93. The highest BCUT2D eigenvalue weighted by Gasteiger charge is 2.67. The zero-order valence-corrected chi connectivity index (χ0v) is 18.1. The fourth-order valence-electron chi connectivity index (χ4n) is 5.76. The minimum absolute atomic E-state index is 0.0442. The number of methoxy groups -OCH3 is 1. The van der Waals surface area contributed by atoms with Crippen molar-refractivity contribution in [3.63, 3.8) is 0 Å². The second kappa shape index (κ2) is 7.90. The van der Waals surface area contributed by atoms with Crippen molar-refractivity contribution in [3.8, 4) is 0 Å². The summed E-state index contributed by atoms with van der Waals surface area (Å²) in [6.45, 7) is 2.15. The maximum atomic E-state index is 14.1. The summed E-state index contributed by atoms with van der Waals surface area (Å²) in [6.07, 6.45) is 5.93. The van der Waals surface area contributed by atoms with Crippen molar-refractivity contribution in [2.24, 2.45) is 11.8 Å². The first-order valence-corrected chi connectivity index (χ1v) is 11.2. The van der Waals surface area contributed by atoms with Gasteiger partial charge in [-0.1, -0.05) is 18.2 Å². The van der Waals surface area contributed by atoms with E-state index in [0.717, 1.165) is 6.42 Å². The predicted molar refractivity (Wildman–Crippen MR) is 111 cm³/mol. The minimum Gasteiger partial charge on any atom is -0.385 e. The number of halogens is 1. The number of likely N-dealkylation sites (tertiary alicyclic amines) is 2. The van der Waals surface area contributed by atoms with E-state index < -0.39 is 35.1 Å². The van der Waals surface area contributed by atoms with Crippen LogP contribution in [0.15, 0.2) is 30.5 Å². The molecule has 0 aromatic carbocycles. The molecule has 1 aromatic heterocycles. The first kappa shape index (κ1) is 21.5. The van der Waals surface area contributed by atoms with Crippen LogP contribution in [-0.2, 0) is 24.7 Å². The van der Waals surface area contributed by atoms with Crippen molar-refractivity contribution in [2.75, 3.05) is 39.9 Å². The second-order valence-electron chi connectivity index (χ2n) is 9.20. The van der Waals surface area contributed by atoms with E-state index in [0.29, 0.717) is 19.7 Å². The van der Waals surface area contributed by atoms with Crippen LogP contribution in [0.25, 0.3) is 0 Å². The molecule has 0 saturated carbocycles. The Kier molecular flexibility index (Phi) is 5.30. The maximum Gasteiger partial charge on any atom is 0.230 e. The molecular weight excluding hydrogens is 417 g/mol. The molecule has 0 unspecified atom stereocenters. The minimum atomic E-state index is -1.36. The first-order valence-electron chi connectivity index (χ1n) is 11.2. The second-order valence-corrected chi connectivity index (χ2v) is 9.20. The standard InChI is InChI=1S/C23H28FN3O5/c1-31-13-3-10-27-14-23-6-5-16(32-23)17(18(23)21(27)29)20(28)26-11-7-22(30,8-12-26)15-4-2-9-25-19(15)24/h2,4-6,9,16-18,30H,3,7-8,10-14H2,1H3/t16-,17-,18-,23-/m1/s1. The zero-order chi connectivity index (χ0) is 22.5. The van der Waals surface area contributed by atoms with Crippen LogP contribution < -0.4 is 0 Å². The molecule has 0 aliphatic carbocycles. The van der Waals surface area contributed by atoms with Gasteiger partial charge in [0.05, 0.1) is 30.1 Å². The zero-order valence-electron chi connectivity index (χ0n) is 18.1. The number of aliphatic hydroxyl groups is 1. The summed E-state index contributed by atoms with van der Waals surface area (Å²) in [5.74, 6) is -1.96. The molecule has 4 aliphatic rings. The molecule has 9 heteroatoms. The Morgan fingerprint density at radius 3 is 2.91 bits per heavy atom. The topological polar surface area (TPSA) is 92.2 Å². The molecule has 172 valence electrons. The highest BCUT2D eigenvalue weighted by Crippen LogP contribution is 2.52. The summed E-state index contributed by atoms with van der Waals surface area (Å²) in [6, 6.07) is 3.13. The predicted octanol–water partition coefficient (Wildman–Crippen LogP) is 0.849. The van der Waals surface area contributed by atoms with E-state index in [2.05, 4.69) is 4.98 Å². The molecule has 32 heavy (non-hydrogen) atoms. The number of hydrogen-bond acceptors (Lipinski definition) is 6. The van der Waals surface area contributed by atoms with Crippen molar-refractivity contribution in [3.05, 3.63) is 42.0 Å². The van der Waals surface area contributed by atoms with Crippen LogP contribution >= 0.6 is 0 Å². The molecule has 3 saturated heterocycles. The van der Waals surface area contributed by atoms with Crippen molar-refractivity contribution in [2.45, 2.75) is 36.6 Å². The molecule has 2 bridgehead atoms. The quantitative estimate of drug-likeness (QED) is 0.397. The van der Waals surface area contributed by atoms with Crippen LogP contribution in [0, 0.1) is 17.8 Å². The van der Waals surface area contributed by atoms with Gasteiger partial charge in [-0.2, -0.15) is 4.39 Å². The third-order valence-corrected chi connectivity index (χ3v) is 7.40. The van der Waals surface area contributed by atoms with Crippen LogP contribution in [0.4, 0.5) is 4.39 Å². The van der Waals surface area contributed by atoms with Crippen LogP contribution in [0.5, 0.6) is 0 Å². The Balaban J connectivity index is 1.29. The average molecular weight is 445 g/mol. The molecule has 3 fully saturated rings. The summed E-state index contributed by atoms with van der Waals surface area (Å²) in [4.78, 5) is 33.8. The lowest BCUT2D eigenvalue weighted by Crippen LogP contribution is -2.51. The van der Waals surface area contributed by atoms with E-state index in [4.69, 9.17) is 9.47 Å². The molecule has 8 nitrogen and oxygen atoms in total. The molecule has 4 aliphatic heterocycles. The number of pyridine rings is 1. The number of carbonyl (C=O) groups excluding carboxylic acids is 2. The van der Waals surface area contributed by atoms with Gasteiger partial charge in [-0.25, -0.2) is 4.98 Å². The van der Waals surface area contributed by atoms with Crippen molar-refractivity contribution < 1.29 is 28.6 Å². The highest BCUT2D eigenvalue weighted by molar-refractivity contribution is 5.93. The highest BCUT2D eigenvalue weighted by atomic mass is 19.1. The van der Waals surface area contributed by atoms with Gasteiger partial charge in [-0.05, 0) is 25.3 Å². The van der Waals surface area contributed by atoms with Crippen LogP contribution in [0.1, 0.15) is 24.8 Å². The lowest BCUT2D eigenvalue weighted by molar-refractivity contribution is -0.146. The molecule has 4 atom stereocenters. The van der Waals surface area contributed by atoms with Gasteiger partial charge in [-0.15, -0.1) is 0 Å². The van der Waals surface area contributed by atoms with E-state index in [-0.39, 0.29) is 43.3 Å². The maximum absolute atomic E-state index is 14.1. The van der Waals surface area contributed by atoms with E-state index in [1.54, 1.807) is 23.0 Å². The van der Waals surface area contributed by atoms with Crippen LogP contribution in [0.2, 0.25) is 0 Å². The van der Waals surface area contributed by atoms with Gasteiger partial charge in [0.25, 0.3) is 0 Å². The Labute approximate surface area is 186 Å². The number of carbonyl (C=O) groups is 2. The number of aromatic nitrogens is 1. The van der Waals surface area contributed by atoms with Crippen molar-refractivity contribution in [1.29, 1.82) is 0 Å². The number of ether oxygens (including phenoxy) is 2. The molecule has 1 spiro atoms. The molecule has 5 rings (SSSR count). The molecule has 1 aromatic rings. The van der Waals surface area contributed by atoms with Gasteiger partial charge < -0.3 is 24.4 Å². The van der Waals surface area contributed by atoms with E-state index in [1.165, 1.54) is 12.3 Å². The summed E-state index contributed by atoms with van der Waals surface area (Å²) >= 11 is 0. The third kappa shape index (κ3) is 3.25. The largest absolute Gasteiger partial charge is 0.385 e. The Bertz CT molecular complexity index is 947. The smallest absolute Gasteiger partial charge is 0.230 e. The normalized spacial score (nSPS) is 32.6. The van der Waals surface area contributed by atoms with E-state index in [9.17, 15) is 19.1 Å². The van der Waals surface area contributed by atoms with Gasteiger partial charge in [-0.3, -0.25) is 9.59 Å². The fraction of sp³-hybridized carbons (Fsp3) is 0.609. The third-order valence-electron chi connectivity index (χ3n) is 7.40. The van der Waals surface area contributed by atoms with E-state index in [1.807, 2.05) is 12.2 Å². The van der Waals surface area contributed by atoms with Crippen LogP contribution in [0.3, 0.4) is 0 Å². The summed E-state index contributed by atoms with van der Waals surface area (Å²) < 4.78 is 25.4.